The molecule has 0 amide bonds. The third-order valence-corrected chi connectivity index (χ3v) is 2.16. The van der Waals surface area contributed by atoms with Crippen LogP contribution >= 0.6 is 0 Å². The van der Waals surface area contributed by atoms with Crippen molar-refractivity contribution in [3.8, 4) is 0 Å². The van der Waals surface area contributed by atoms with Gasteiger partial charge in [0.25, 0.3) is 0 Å². The van der Waals surface area contributed by atoms with Crippen LogP contribution in [0, 0.1) is 13.8 Å². The Hall–Kier alpha value is -0.920. The summed E-state index contributed by atoms with van der Waals surface area (Å²) in [7, 11) is 0. The van der Waals surface area contributed by atoms with Gasteiger partial charge in [-0.2, -0.15) is 10.2 Å². The Morgan fingerprint density at radius 1 is 1.00 bits per heavy atom. The molecule has 1 aliphatic rings. The molecule has 15 heavy (non-hydrogen) atoms. The summed E-state index contributed by atoms with van der Waals surface area (Å²) in [6.45, 7) is 12.0. The largest absolute Gasteiger partial charge is 0.156 e. The van der Waals surface area contributed by atoms with Gasteiger partial charge in [0.1, 0.15) is 0 Å². The third kappa shape index (κ3) is 4.41. The standard InChI is InChI=1S/C9H12N2.2C2H6/c1-6-5-9(8-3-4-8)7(2)11-10-6;2*1-2/h5,8H,3-4H2,1-2H3;2*1-2H3. The van der Waals surface area contributed by atoms with Crippen molar-refractivity contribution in [2.24, 2.45) is 0 Å². The van der Waals surface area contributed by atoms with E-state index in [4.69, 9.17) is 0 Å². The number of hydrogen-bond acceptors (Lipinski definition) is 2. The molecule has 0 atom stereocenters. The lowest BCUT2D eigenvalue weighted by molar-refractivity contribution is 0.897. The van der Waals surface area contributed by atoms with E-state index in [2.05, 4.69) is 16.3 Å². The van der Waals surface area contributed by atoms with Crippen molar-refractivity contribution < 1.29 is 0 Å². The first-order valence-electron chi connectivity index (χ1n) is 6.08. The van der Waals surface area contributed by atoms with Gasteiger partial charge < -0.3 is 0 Å². The summed E-state index contributed by atoms with van der Waals surface area (Å²) >= 11 is 0. The summed E-state index contributed by atoms with van der Waals surface area (Å²) in [4.78, 5) is 0. The number of nitrogens with zero attached hydrogens (tertiary/aromatic N) is 2. The highest BCUT2D eigenvalue weighted by molar-refractivity contribution is 5.27. The molecular weight excluding hydrogens is 184 g/mol. The van der Waals surface area contributed by atoms with E-state index in [1.54, 1.807) is 0 Å². The highest BCUT2D eigenvalue weighted by Gasteiger charge is 2.25. The lowest BCUT2D eigenvalue weighted by Gasteiger charge is -2.01. The quantitative estimate of drug-likeness (QED) is 0.696. The van der Waals surface area contributed by atoms with Gasteiger partial charge in [-0.05, 0) is 44.2 Å². The monoisotopic (exact) mass is 208 g/mol. The number of hydrogen-bond donors (Lipinski definition) is 0. The van der Waals surface area contributed by atoms with Crippen LogP contribution in [0.1, 0.15) is 63.4 Å². The zero-order valence-corrected chi connectivity index (χ0v) is 11.0. The Morgan fingerprint density at radius 3 is 2.00 bits per heavy atom. The molecular formula is C13H24N2. The van der Waals surface area contributed by atoms with Crippen molar-refractivity contribution in [2.45, 2.75) is 60.3 Å². The molecule has 0 aliphatic heterocycles. The summed E-state index contributed by atoms with van der Waals surface area (Å²) in [5.41, 5.74) is 3.56. The van der Waals surface area contributed by atoms with E-state index in [-0.39, 0.29) is 0 Å². The van der Waals surface area contributed by atoms with Gasteiger partial charge in [0.05, 0.1) is 11.4 Å². The van der Waals surface area contributed by atoms with Crippen LogP contribution in [0.2, 0.25) is 0 Å². The average Bonchev–Trinajstić information content (AvgIpc) is 3.11. The maximum atomic E-state index is 4.09. The van der Waals surface area contributed by atoms with E-state index in [0.29, 0.717) is 0 Å². The van der Waals surface area contributed by atoms with Crippen molar-refractivity contribution in [3.05, 3.63) is 23.0 Å². The number of aryl methyl sites for hydroxylation is 2. The van der Waals surface area contributed by atoms with Gasteiger partial charge in [-0.3, -0.25) is 0 Å². The molecule has 0 saturated heterocycles. The van der Waals surface area contributed by atoms with Gasteiger partial charge in [-0.25, -0.2) is 0 Å². The van der Waals surface area contributed by atoms with E-state index >= 15 is 0 Å². The van der Waals surface area contributed by atoms with Gasteiger partial charge in [-0.15, -0.1) is 0 Å². The minimum absolute atomic E-state index is 0.796. The second-order valence-corrected chi connectivity index (χ2v) is 3.30. The van der Waals surface area contributed by atoms with Crippen molar-refractivity contribution in [3.63, 3.8) is 0 Å². The molecule has 86 valence electrons. The molecule has 0 aromatic carbocycles. The van der Waals surface area contributed by atoms with Crippen LogP contribution in [0.15, 0.2) is 6.07 Å². The lowest BCUT2D eigenvalue weighted by atomic mass is 10.1. The molecule has 0 radical (unpaired) electrons. The van der Waals surface area contributed by atoms with Crippen molar-refractivity contribution in [1.29, 1.82) is 0 Å². The van der Waals surface area contributed by atoms with Crippen LogP contribution in [0.5, 0.6) is 0 Å². The lowest BCUT2D eigenvalue weighted by Crippen LogP contribution is -1.95. The van der Waals surface area contributed by atoms with Gasteiger partial charge in [0.2, 0.25) is 0 Å². The van der Waals surface area contributed by atoms with Crippen LogP contribution in [-0.4, -0.2) is 10.2 Å². The van der Waals surface area contributed by atoms with Crippen molar-refractivity contribution in [1.82, 2.24) is 10.2 Å². The molecule has 0 unspecified atom stereocenters. The molecule has 1 aromatic rings. The summed E-state index contributed by atoms with van der Waals surface area (Å²) in [5, 5.41) is 8.09. The first-order chi connectivity index (χ1) is 7.27. The minimum atomic E-state index is 0.796. The Bertz CT molecular complexity index is 278. The normalized spacial score (nSPS) is 13.2. The van der Waals surface area contributed by atoms with Gasteiger partial charge in [-0.1, -0.05) is 27.7 Å². The molecule has 1 heterocycles. The summed E-state index contributed by atoms with van der Waals surface area (Å²) in [5.74, 6) is 0.796. The van der Waals surface area contributed by atoms with Gasteiger partial charge >= 0.3 is 0 Å². The fourth-order valence-corrected chi connectivity index (χ4v) is 1.38. The Morgan fingerprint density at radius 2 is 1.53 bits per heavy atom. The molecule has 0 N–H and O–H groups in total. The topological polar surface area (TPSA) is 25.8 Å². The molecule has 0 spiro atoms. The molecule has 1 aliphatic carbocycles. The third-order valence-electron chi connectivity index (χ3n) is 2.16. The predicted molar refractivity (Wildman–Crippen MR) is 66.2 cm³/mol. The van der Waals surface area contributed by atoms with Gasteiger partial charge in [0, 0.05) is 0 Å². The van der Waals surface area contributed by atoms with E-state index < -0.39 is 0 Å². The summed E-state index contributed by atoms with van der Waals surface area (Å²) in [6.07, 6.45) is 2.68. The molecule has 2 heteroatoms. The fraction of sp³-hybridized carbons (Fsp3) is 0.692. The fourth-order valence-electron chi connectivity index (χ4n) is 1.38. The molecule has 1 aromatic heterocycles. The number of aromatic nitrogens is 2. The SMILES string of the molecule is CC.CC.Cc1cc(C2CC2)c(C)nn1. The van der Waals surface area contributed by atoms with Crippen LogP contribution in [-0.2, 0) is 0 Å². The zero-order valence-electron chi connectivity index (χ0n) is 11.0. The second kappa shape index (κ2) is 7.38. The van der Waals surface area contributed by atoms with Crippen LogP contribution < -0.4 is 0 Å². The molecule has 0 bridgehead atoms. The maximum absolute atomic E-state index is 4.09. The summed E-state index contributed by atoms with van der Waals surface area (Å²) < 4.78 is 0. The molecule has 2 rings (SSSR count). The number of rotatable bonds is 1. The zero-order chi connectivity index (χ0) is 11.8. The highest BCUT2D eigenvalue weighted by Crippen LogP contribution is 2.40. The Labute approximate surface area is 94.1 Å². The maximum Gasteiger partial charge on any atom is 0.0635 e. The van der Waals surface area contributed by atoms with E-state index in [1.807, 2.05) is 41.5 Å². The molecule has 1 fully saturated rings. The average molecular weight is 208 g/mol. The van der Waals surface area contributed by atoms with Crippen LogP contribution in [0.4, 0.5) is 0 Å². The van der Waals surface area contributed by atoms with Crippen molar-refractivity contribution >= 4 is 0 Å². The smallest absolute Gasteiger partial charge is 0.0635 e. The van der Waals surface area contributed by atoms with E-state index in [1.165, 1.54) is 18.4 Å². The summed E-state index contributed by atoms with van der Waals surface area (Å²) in [6, 6.07) is 2.17. The predicted octanol–water partition coefficient (Wildman–Crippen LogP) is 4.02. The highest BCUT2D eigenvalue weighted by atomic mass is 15.1. The Kier molecular flexibility index (Phi) is 6.93. The van der Waals surface area contributed by atoms with Crippen LogP contribution in [0.3, 0.4) is 0 Å². The van der Waals surface area contributed by atoms with E-state index in [0.717, 1.165) is 17.3 Å². The molecule has 1 saturated carbocycles. The van der Waals surface area contributed by atoms with Crippen molar-refractivity contribution in [2.75, 3.05) is 0 Å². The van der Waals surface area contributed by atoms with Crippen LogP contribution in [0.25, 0.3) is 0 Å². The first kappa shape index (κ1) is 14.1. The molecule has 2 nitrogen and oxygen atoms in total. The first-order valence-corrected chi connectivity index (χ1v) is 6.08. The van der Waals surface area contributed by atoms with E-state index in [9.17, 15) is 0 Å². The van der Waals surface area contributed by atoms with Gasteiger partial charge in [0.15, 0.2) is 0 Å². The second-order valence-electron chi connectivity index (χ2n) is 3.30. The Balaban J connectivity index is 0.000000442. The minimum Gasteiger partial charge on any atom is -0.156 e.